The minimum absolute atomic E-state index is 0.181. The predicted molar refractivity (Wildman–Crippen MR) is 568 cm³/mol. The van der Waals surface area contributed by atoms with Crippen LogP contribution in [0, 0.1) is 0 Å². The maximum absolute atomic E-state index is 9.37. The van der Waals surface area contributed by atoms with E-state index in [1.807, 2.05) is 279 Å². The average Bonchev–Trinajstić information content (AvgIpc) is 0.919. The molecular weight excluding hydrogens is 1660 g/mol. The largest absolute Gasteiger partial charge is 0.456 e. The topological polar surface area (TPSA) is 39.4 Å². The van der Waals surface area contributed by atoms with Crippen molar-refractivity contribution in [1.29, 1.82) is 0 Å². The normalized spacial score (nSPS) is 14.5. The van der Waals surface area contributed by atoms with E-state index in [1.165, 1.54) is 0 Å². The van der Waals surface area contributed by atoms with Crippen LogP contribution < -0.4 is 0 Å². The summed E-state index contributed by atoms with van der Waals surface area (Å²) in [6, 6.07) is 89.1. The fraction of sp³-hybridized carbons (Fsp3) is 0. The molecule has 132 heavy (non-hydrogen) atoms. The molecule has 0 unspecified atom stereocenters. The number of para-hydroxylation sites is 4. The highest BCUT2D eigenvalue weighted by Gasteiger charge is 2.25. The van der Waals surface area contributed by atoms with Crippen LogP contribution in [0.25, 0.3) is 280 Å². The van der Waals surface area contributed by atoms with Crippen molar-refractivity contribution in [2.45, 2.75) is 0 Å². The second-order valence-electron chi connectivity index (χ2n) is 32.7. The lowest BCUT2D eigenvalue weighted by Crippen LogP contribution is -1.91. The third-order valence-corrected chi connectivity index (χ3v) is 29.1. The van der Waals surface area contributed by atoms with Crippen LogP contribution in [0.1, 0.15) is 32.9 Å². The van der Waals surface area contributed by atoms with Crippen molar-refractivity contribution in [2.24, 2.45) is 0 Å². The zero-order valence-corrected chi connectivity index (χ0v) is 71.8. The van der Waals surface area contributed by atoms with Crippen molar-refractivity contribution in [3.8, 4) is 89.0 Å². The maximum atomic E-state index is 9.37. The lowest BCUT2D eigenvalue weighted by atomic mass is 9.85. The van der Waals surface area contributed by atoms with Gasteiger partial charge in [0, 0.05) is 104 Å². The van der Waals surface area contributed by atoms with E-state index >= 15 is 0 Å². The molecule has 0 aliphatic rings. The first-order valence-electron chi connectivity index (χ1n) is 55.0. The van der Waals surface area contributed by atoms with Crippen molar-refractivity contribution in [2.75, 3.05) is 0 Å². The van der Waals surface area contributed by atoms with Gasteiger partial charge in [0.15, 0.2) is 0 Å². The fourth-order valence-corrected chi connectivity index (χ4v) is 23.2. The number of hydrogen-bond donors (Lipinski definition) is 0. The van der Waals surface area contributed by atoms with Gasteiger partial charge in [-0.3, -0.25) is 0 Å². The zero-order chi connectivity index (χ0) is 107. The second kappa shape index (κ2) is 30.7. The predicted octanol–water partition coefficient (Wildman–Crippen LogP) is 38.1. The van der Waals surface area contributed by atoms with Gasteiger partial charge >= 0.3 is 0 Å². The molecule has 6 heterocycles. The number of rotatable bonds is 8. The Bertz CT molecular complexity index is 11000. The summed E-state index contributed by atoms with van der Waals surface area (Å²) >= 11 is 4.74. The van der Waals surface area contributed by atoms with Gasteiger partial charge in [0.25, 0.3) is 0 Å². The van der Waals surface area contributed by atoms with Gasteiger partial charge in [0.2, 0.25) is 0 Å². The quantitative estimate of drug-likeness (QED) is 0.142. The molecule has 0 fully saturated rings. The Labute approximate surface area is 803 Å². The maximum Gasteiger partial charge on any atom is 0.143 e. The number of furan rings is 3. The van der Waals surface area contributed by atoms with Crippen LogP contribution in [-0.2, 0) is 0 Å². The van der Waals surface area contributed by atoms with Gasteiger partial charge in [-0.25, -0.2) is 0 Å². The lowest BCUT2D eigenvalue weighted by Gasteiger charge is -2.18. The smallest absolute Gasteiger partial charge is 0.143 e. The van der Waals surface area contributed by atoms with E-state index in [0.717, 1.165) is 137 Å². The van der Waals surface area contributed by atoms with Crippen LogP contribution in [0.4, 0.5) is 0 Å². The molecule has 3 nitrogen and oxygen atoms in total. The highest BCUT2D eigenvalue weighted by molar-refractivity contribution is 7.27. The summed E-state index contributed by atoms with van der Waals surface area (Å²) in [6.07, 6.45) is 0. The van der Waals surface area contributed by atoms with E-state index in [9.17, 15) is 16.4 Å². The molecule has 0 bridgehead atoms. The molecule has 0 saturated carbocycles. The van der Waals surface area contributed by atoms with Crippen molar-refractivity contribution in [3.05, 3.63) is 448 Å². The molecule has 29 aromatic rings. The summed E-state index contributed by atoms with van der Waals surface area (Å²) in [4.78, 5) is 0. The number of hydrogen-bond acceptors (Lipinski definition) is 6. The number of fused-ring (bicyclic) bond motifs is 24. The van der Waals surface area contributed by atoms with Crippen molar-refractivity contribution < 1.29 is 46.1 Å². The van der Waals surface area contributed by atoms with Gasteiger partial charge < -0.3 is 13.3 Å². The standard InChI is InChI=1S/2C44H26OS.C38H22OS/c1-3-15-34-32(13-1)41(28-25-23-27(24-26-28)29-17-9-18-36-30-11-5-7-21-39(30)45-43(29)36)33-14-2-4-16-35(33)42(34)38-20-10-19-37-31-12-6-8-22-40(31)46-44(37)38;1-3-13-37-35(11-1)43(28-19-17-27(18-20-28)29-21-23-32-31-9-5-7-15-39(31)45-40(32)25-29)36-12-2-4-14-38(36)44(37)30-22-24-34-33-10-6-8-16-41(33)46-42(34)26-30;1-3-13-31-29(11-1)37(23-17-19-26-25-9-5-7-15-33(25)39-34(26)21-23)30-12-2-4-14-32(30)38(31)24-18-20-28-27-10-6-8-16-35(27)40-36(28)22-24/h2*1-26H;1-22H/i1D,2D,3D,4D,13D,14D,15D,16D;2*1D,2D,3D,4D,11D,12D,13D,14D. The molecular formula is C126H74O3S3. The molecule has 6 aromatic heterocycles. The first-order valence-corrected chi connectivity index (χ1v) is 45.4. The SMILES string of the molecule is [2H]c1c([2H])c([2H])c2c(-c3ccc4c(c3)sc3ccccc34)c3c([2H])c([2H])c([2H])c([2H])c3c(-c3ccc(-c4ccc5c(c4)oc4ccccc45)cc3)c2c1[2H].[2H]c1c([2H])c([2H])c2c(-c3ccc4c(c3)sc3ccccc34)c3c([2H])c([2H])c([2H])c([2H])c3c(-c3ccc4c(c3)oc3ccccc34)c2c1[2H].[2H]c1c([2H])c([2H])c2c(-c3cccc4c3sc3ccccc34)c3c([2H])c([2H])c([2H])c([2H])c3c(-c3ccc(-c4cccc5c4oc4ccccc45)cc3)c2c1[2H]. The van der Waals surface area contributed by atoms with Gasteiger partial charge in [-0.1, -0.05) is 376 Å². The Hall–Kier alpha value is -16.3. The zero-order valence-electron chi connectivity index (χ0n) is 93.3. The highest BCUT2D eigenvalue weighted by atomic mass is 32.1. The van der Waals surface area contributed by atoms with Crippen LogP contribution in [0.3, 0.4) is 0 Å². The van der Waals surface area contributed by atoms with E-state index < -0.39 is 72.5 Å². The van der Waals surface area contributed by atoms with E-state index in [1.54, 1.807) is 40.1 Å². The van der Waals surface area contributed by atoms with Gasteiger partial charge in [-0.2, -0.15) is 0 Å². The molecule has 614 valence electrons. The molecule has 0 saturated heterocycles. The molecule has 0 aliphatic heterocycles. The summed E-state index contributed by atoms with van der Waals surface area (Å²) in [7, 11) is 0. The van der Waals surface area contributed by atoms with E-state index in [-0.39, 0.29) is 137 Å². The number of benzene rings is 23. The lowest BCUT2D eigenvalue weighted by molar-refractivity contribution is 0.668. The van der Waals surface area contributed by atoms with Crippen molar-refractivity contribution in [3.63, 3.8) is 0 Å². The average molecular weight is 1760 g/mol. The molecule has 0 N–H and O–H groups in total. The summed E-state index contributed by atoms with van der Waals surface area (Å²) < 4.78 is 241. The van der Waals surface area contributed by atoms with Crippen molar-refractivity contribution >= 4 is 225 Å². The molecule has 0 aliphatic carbocycles. The Balaban J connectivity index is 0.000000114. The Morgan fingerprint density at radius 3 is 0.864 bits per heavy atom. The van der Waals surface area contributed by atoms with Gasteiger partial charge in [-0.05, 0) is 215 Å². The minimum Gasteiger partial charge on any atom is -0.456 e. The molecule has 0 spiro atoms. The van der Waals surface area contributed by atoms with E-state index in [0.29, 0.717) is 77.9 Å². The van der Waals surface area contributed by atoms with E-state index in [4.69, 9.17) is 29.7 Å². The third-order valence-electron chi connectivity index (χ3n) is 25.6. The Kier molecular flexibility index (Phi) is 12.9. The van der Waals surface area contributed by atoms with Crippen LogP contribution in [0.15, 0.2) is 462 Å². The van der Waals surface area contributed by atoms with Crippen LogP contribution in [0.5, 0.6) is 0 Å². The van der Waals surface area contributed by atoms with Crippen LogP contribution in [-0.4, -0.2) is 0 Å². The first kappa shape index (κ1) is 55.4. The summed E-state index contributed by atoms with van der Waals surface area (Å²) in [5.74, 6) is 0. The first-order chi connectivity index (χ1) is 75.4. The van der Waals surface area contributed by atoms with E-state index in [2.05, 4.69) is 18.2 Å². The van der Waals surface area contributed by atoms with Crippen LogP contribution >= 0.6 is 34.0 Å². The molecule has 0 amide bonds. The van der Waals surface area contributed by atoms with Gasteiger partial charge in [0.1, 0.15) is 33.5 Å². The van der Waals surface area contributed by atoms with Crippen LogP contribution in [0.2, 0.25) is 0 Å². The fourth-order valence-electron chi connectivity index (χ4n) is 19.7. The monoisotopic (exact) mass is 1750 g/mol. The molecule has 0 atom stereocenters. The summed E-state index contributed by atoms with van der Waals surface area (Å²) in [5.41, 5.74) is 13.3. The minimum atomic E-state index is -0.426. The van der Waals surface area contributed by atoms with Gasteiger partial charge in [0.05, 0.1) is 32.9 Å². The Morgan fingerprint density at radius 1 is 0.159 bits per heavy atom. The molecule has 23 aromatic carbocycles. The third kappa shape index (κ3) is 12.2. The number of thiophene rings is 3. The van der Waals surface area contributed by atoms with Gasteiger partial charge in [-0.15, -0.1) is 34.0 Å². The highest BCUT2D eigenvalue weighted by Crippen LogP contribution is 2.53. The Morgan fingerprint density at radius 2 is 0.432 bits per heavy atom. The second-order valence-corrected chi connectivity index (χ2v) is 35.9. The molecule has 29 rings (SSSR count). The summed E-state index contributed by atoms with van der Waals surface area (Å²) in [6.45, 7) is 0. The summed E-state index contributed by atoms with van der Waals surface area (Å²) in [5, 5.41) is 14.4. The van der Waals surface area contributed by atoms with Crippen molar-refractivity contribution in [1.82, 2.24) is 0 Å². The molecule has 6 heteroatoms. The molecule has 0 radical (unpaired) electrons.